The van der Waals surface area contributed by atoms with E-state index in [1.165, 1.54) is 283 Å². The predicted molar refractivity (Wildman–Crippen MR) is 329 cm³/mol. The Labute approximate surface area is 468 Å². The number of esters is 1. The number of carbonyl (C=O) groups excluding carboxylic acids is 2. The molecule has 0 aromatic carbocycles. The summed E-state index contributed by atoms with van der Waals surface area (Å²) >= 11 is 0. The SMILES string of the molecule is CCCCCC/C=C\C/C=C\CCCCCCCCCC(=O)OCCCCCCCCCCCCCC/C=C\CCCCCCCCCC(=O)NC(CO)C(O)CCCCCCCCCCCCCCCCCCC. The lowest BCUT2D eigenvalue weighted by Crippen LogP contribution is -2.45. The maximum atomic E-state index is 12.5. The van der Waals surface area contributed by atoms with E-state index in [0.717, 1.165) is 51.4 Å². The van der Waals surface area contributed by atoms with Crippen LogP contribution in [0.3, 0.4) is 0 Å². The third kappa shape index (κ3) is 61.2. The average molecular weight is 1050 g/mol. The van der Waals surface area contributed by atoms with Crippen molar-refractivity contribution in [3.63, 3.8) is 0 Å². The van der Waals surface area contributed by atoms with Crippen LogP contribution < -0.4 is 5.32 Å². The van der Waals surface area contributed by atoms with Gasteiger partial charge in [-0.15, -0.1) is 0 Å². The number of unbranched alkanes of at least 4 members (excludes halogenated alkanes) is 46. The van der Waals surface area contributed by atoms with Gasteiger partial charge in [0.1, 0.15) is 0 Å². The summed E-state index contributed by atoms with van der Waals surface area (Å²) in [5, 5.41) is 23.3. The van der Waals surface area contributed by atoms with E-state index in [1.807, 2.05) is 0 Å². The number of amides is 1. The minimum absolute atomic E-state index is 0.00460. The van der Waals surface area contributed by atoms with Gasteiger partial charge in [-0.05, 0) is 83.5 Å². The fourth-order valence-electron chi connectivity index (χ4n) is 10.5. The molecule has 6 heteroatoms. The minimum Gasteiger partial charge on any atom is -0.466 e. The van der Waals surface area contributed by atoms with Gasteiger partial charge in [0.05, 0.1) is 25.4 Å². The van der Waals surface area contributed by atoms with Crippen molar-refractivity contribution in [1.82, 2.24) is 5.32 Å². The van der Waals surface area contributed by atoms with Crippen molar-refractivity contribution in [2.75, 3.05) is 13.2 Å². The molecule has 0 aliphatic carbocycles. The molecule has 0 aromatic heterocycles. The third-order valence-electron chi connectivity index (χ3n) is 15.7. The number of aliphatic hydroxyl groups excluding tert-OH is 2. The van der Waals surface area contributed by atoms with Crippen molar-refractivity contribution < 1.29 is 24.5 Å². The van der Waals surface area contributed by atoms with Gasteiger partial charge < -0.3 is 20.3 Å². The van der Waals surface area contributed by atoms with Crippen LogP contribution in [-0.4, -0.2) is 47.4 Å². The number of carbonyl (C=O) groups is 2. The fraction of sp³-hybridized carbons (Fsp3) is 0.884. The zero-order valence-electron chi connectivity index (χ0n) is 50.5. The number of nitrogens with one attached hydrogen (secondary N) is 1. The molecule has 75 heavy (non-hydrogen) atoms. The Bertz CT molecular complexity index is 1210. The summed E-state index contributed by atoms with van der Waals surface area (Å²) in [5.41, 5.74) is 0. The molecule has 0 heterocycles. The van der Waals surface area contributed by atoms with Gasteiger partial charge in [-0.2, -0.15) is 0 Å². The molecule has 442 valence electrons. The summed E-state index contributed by atoms with van der Waals surface area (Å²) in [6.45, 7) is 4.95. The van der Waals surface area contributed by atoms with Crippen LogP contribution >= 0.6 is 0 Å². The van der Waals surface area contributed by atoms with E-state index in [4.69, 9.17) is 4.74 Å². The van der Waals surface area contributed by atoms with Crippen molar-refractivity contribution in [3.8, 4) is 0 Å². The molecular formula is C69H131NO5. The molecule has 0 spiro atoms. The van der Waals surface area contributed by atoms with Gasteiger partial charge in [0.25, 0.3) is 0 Å². The van der Waals surface area contributed by atoms with Crippen LogP contribution in [0.1, 0.15) is 367 Å². The summed E-state index contributed by atoms with van der Waals surface area (Å²) < 4.78 is 5.50. The molecule has 0 radical (unpaired) electrons. The van der Waals surface area contributed by atoms with Crippen LogP contribution in [0.25, 0.3) is 0 Å². The van der Waals surface area contributed by atoms with E-state index < -0.39 is 12.1 Å². The van der Waals surface area contributed by atoms with E-state index in [0.29, 0.717) is 25.9 Å². The van der Waals surface area contributed by atoms with E-state index in [9.17, 15) is 19.8 Å². The molecule has 3 N–H and O–H groups in total. The first-order valence-corrected chi connectivity index (χ1v) is 33.7. The lowest BCUT2D eigenvalue weighted by Gasteiger charge is -2.22. The van der Waals surface area contributed by atoms with E-state index in [2.05, 4.69) is 55.6 Å². The lowest BCUT2D eigenvalue weighted by molar-refractivity contribution is -0.143. The normalized spacial score (nSPS) is 12.7. The summed E-state index contributed by atoms with van der Waals surface area (Å²) in [5.74, 6) is -0.0343. The second kappa shape index (κ2) is 64.6. The van der Waals surface area contributed by atoms with Gasteiger partial charge in [0.15, 0.2) is 0 Å². The van der Waals surface area contributed by atoms with Gasteiger partial charge in [-0.3, -0.25) is 9.59 Å². The molecular weight excluding hydrogens is 923 g/mol. The van der Waals surface area contributed by atoms with Crippen molar-refractivity contribution in [1.29, 1.82) is 0 Å². The highest BCUT2D eigenvalue weighted by Crippen LogP contribution is 2.18. The molecule has 1 amide bonds. The molecule has 2 unspecified atom stereocenters. The number of allylic oxidation sites excluding steroid dienone is 6. The smallest absolute Gasteiger partial charge is 0.305 e. The van der Waals surface area contributed by atoms with Crippen molar-refractivity contribution in [2.45, 2.75) is 379 Å². The summed E-state index contributed by atoms with van der Waals surface area (Å²) in [6, 6.07) is -0.547. The zero-order valence-corrected chi connectivity index (χ0v) is 50.5. The van der Waals surface area contributed by atoms with Crippen LogP contribution in [0.2, 0.25) is 0 Å². The molecule has 0 saturated heterocycles. The summed E-state index contributed by atoms with van der Waals surface area (Å²) in [4.78, 5) is 24.6. The highest BCUT2D eigenvalue weighted by atomic mass is 16.5. The molecule has 0 fully saturated rings. The summed E-state index contributed by atoms with van der Waals surface area (Å²) in [7, 11) is 0. The van der Waals surface area contributed by atoms with Gasteiger partial charge in [-0.25, -0.2) is 0 Å². The standard InChI is InChI=1S/C69H131NO5/c1-3-5-7-9-11-13-15-17-19-21-31-35-39-43-47-51-55-59-63-69(74)75-64-60-56-52-48-44-40-36-32-28-26-24-22-23-25-27-30-34-38-42-46-50-54-58-62-68(73)70-66(65-71)67(72)61-57-53-49-45-41-37-33-29-20-18-16-14-12-10-8-6-4-2/h13,15,19,21,25,27,66-67,71-72H,3-12,14,16-18,20,22-24,26,28-65H2,1-2H3,(H,70,73)/b15-13-,21-19-,27-25-. The molecule has 0 aliphatic rings. The minimum atomic E-state index is -0.669. The topological polar surface area (TPSA) is 95.9 Å². The van der Waals surface area contributed by atoms with Crippen LogP contribution in [-0.2, 0) is 14.3 Å². The predicted octanol–water partition coefficient (Wildman–Crippen LogP) is 21.5. The lowest BCUT2D eigenvalue weighted by atomic mass is 10.0. The Kier molecular flexibility index (Phi) is 63.0. The largest absolute Gasteiger partial charge is 0.466 e. The Morgan fingerprint density at radius 2 is 0.667 bits per heavy atom. The van der Waals surface area contributed by atoms with E-state index >= 15 is 0 Å². The van der Waals surface area contributed by atoms with Crippen LogP contribution in [0, 0.1) is 0 Å². The van der Waals surface area contributed by atoms with Crippen molar-refractivity contribution in [3.05, 3.63) is 36.5 Å². The highest BCUT2D eigenvalue weighted by molar-refractivity contribution is 5.76. The van der Waals surface area contributed by atoms with E-state index in [1.54, 1.807) is 0 Å². The Morgan fingerprint density at radius 1 is 0.373 bits per heavy atom. The Hall–Kier alpha value is -1.92. The van der Waals surface area contributed by atoms with Crippen molar-refractivity contribution >= 4 is 11.9 Å². The Morgan fingerprint density at radius 3 is 1.04 bits per heavy atom. The number of rotatable bonds is 63. The second-order valence-electron chi connectivity index (χ2n) is 23.1. The number of hydrogen-bond acceptors (Lipinski definition) is 5. The quantitative estimate of drug-likeness (QED) is 0.0320. The summed E-state index contributed by atoms with van der Waals surface area (Å²) in [6.07, 6.45) is 81.7. The molecule has 6 nitrogen and oxygen atoms in total. The molecule has 0 aliphatic heterocycles. The maximum Gasteiger partial charge on any atom is 0.305 e. The molecule has 0 rings (SSSR count). The number of hydrogen-bond donors (Lipinski definition) is 3. The first-order chi connectivity index (χ1) is 37.0. The number of ether oxygens (including phenoxy) is 1. The second-order valence-corrected chi connectivity index (χ2v) is 23.1. The van der Waals surface area contributed by atoms with Gasteiger partial charge in [0.2, 0.25) is 5.91 Å². The third-order valence-corrected chi connectivity index (χ3v) is 15.7. The first-order valence-electron chi connectivity index (χ1n) is 33.7. The van der Waals surface area contributed by atoms with Gasteiger partial charge in [-0.1, -0.05) is 307 Å². The zero-order chi connectivity index (χ0) is 54.3. The van der Waals surface area contributed by atoms with Gasteiger partial charge in [0, 0.05) is 12.8 Å². The first kappa shape index (κ1) is 73.1. The highest BCUT2D eigenvalue weighted by Gasteiger charge is 2.20. The fourth-order valence-corrected chi connectivity index (χ4v) is 10.5. The maximum absolute atomic E-state index is 12.5. The van der Waals surface area contributed by atoms with Crippen LogP contribution in [0.4, 0.5) is 0 Å². The molecule has 2 atom stereocenters. The molecule has 0 bridgehead atoms. The number of aliphatic hydroxyl groups is 2. The monoisotopic (exact) mass is 1050 g/mol. The van der Waals surface area contributed by atoms with E-state index in [-0.39, 0.29) is 18.5 Å². The van der Waals surface area contributed by atoms with Crippen LogP contribution in [0.5, 0.6) is 0 Å². The van der Waals surface area contributed by atoms with Crippen LogP contribution in [0.15, 0.2) is 36.5 Å². The average Bonchev–Trinajstić information content (AvgIpc) is 3.41. The molecule has 0 aromatic rings. The molecule has 0 saturated carbocycles. The Balaban J connectivity index is 3.40. The van der Waals surface area contributed by atoms with Crippen molar-refractivity contribution in [2.24, 2.45) is 0 Å². The van der Waals surface area contributed by atoms with Gasteiger partial charge >= 0.3 is 5.97 Å².